The molecule has 0 aromatic heterocycles. The molecular formula is C15H15BrN2O3. The zero-order valence-electron chi connectivity index (χ0n) is 11.9. The third-order valence-electron chi connectivity index (χ3n) is 4.19. The largest absolute Gasteiger partial charge is 0.297 e. The van der Waals surface area contributed by atoms with Crippen molar-refractivity contribution in [3.8, 4) is 6.07 Å². The van der Waals surface area contributed by atoms with Crippen LogP contribution >= 0.6 is 15.9 Å². The van der Waals surface area contributed by atoms with Crippen molar-refractivity contribution in [1.29, 1.82) is 5.26 Å². The average molecular weight is 351 g/mol. The summed E-state index contributed by atoms with van der Waals surface area (Å²) in [5, 5.41) is 20.5. The Bertz CT molecular complexity index is 663. The van der Waals surface area contributed by atoms with Gasteiger partial charge in [0.1, 0.15) is 5.41 Å². The van der Waals surface area contributed by atoms with E-state index in [-0.39, 0.29) is 17.9 Å². The number of nitrogens with zero attached hydrogens (tertiary/aromatic N) is 2. The van der Waals surface area contributed by atoms with Gasteiger partial charge in [0.25, 0.3) is 5.69 Å². The molecule has 1 saturated carbocycles. The van der Waals surface area contributed by atoms with Crippen molar-refractivity contribution in [2.45, 2.75) is 33.1 Å². The summed E-state index contributed by atoms with van der Waals surface area (Å²) < 4.78 is 0.349. The fraction of sp³-hybridized carbons (Fsp3) is 0.467. The molecule has 0 spiro atoms. The highest BCUT2D eigenvalue weighted by molar-refractivity contribution is 9.10. The van der Waals surface area contributed by atoms with Gasteiger partial charge in [-0.2, -0.15) is 5.26 Å². The SMILES string of the molecule is CC1(C)CCC(C#N)(Cc2cccc([N+](=O)[O-])c2Br)C1=O. The Morgan fingerprint density at radius 1 is 1.43 bits per heavy atom. The summed E-state index contributed by atoms with van der Waals surface area (Å²) in [5.74, 6) is -0.0732. The molecule has 1 fully saturated rings. The van der Waals surface area contributed by atoms with Gasteiger partial charge < -0.3 is 0 Å². The second kappa shape index (κ2) is 5.23. The standard InChI is InChI=1S/C15H15BrN2O3/c1-14(2)6-7-15(9-17,13(14)19)8-10-4-3-5-11(12(10)16)18(20)21/h3-5H,6-8H2,1-2H3. The van der Waals surface area contributed by atoms with Crippen molar-refractivity contribution in [2.75, 3.05) is 0 Å². The zero-order valence-corrected chi connectivity index (χ0v) is 13.4. The molecule has 0 saturated heterocycles. The summed E-state index contributed by atoms with van der Waals surface area (Å²) in [4.78, 5) is 23.0. The van der Waals surface area contributed by atoms with E-state index in [4.69, 9.17) is 0 Å². The quantitative estimate of drug-likeness (QED) is 0.612. The summed E-state index contributed by atoms with van der Waals surface area (Å²) in [6, 6.07) is 6.86. The van der Waals surface area contributed by atoms with Crippen LogP contribution in [-0.2, 0) is 11.2 Å². The molecule has 21 heavy (non-hydrogen) atoms. The molecule has 1 aliphatic carbocycles. The van der Waals surface area contributed by atoms with Crippen molar-refractivity contribution in [3.63, 3.8) is 0 Å². The van der Waals surface area contributed by atoms with Gasteiger partial charge in [-0.1, -0.05) is 26.0 Å². The molecule has 1 aromatic carbocycles. The molecule has 0 amide bonds. The lowest BCUT2D eigenvalue weighted by Gasteiger charge is -2.22. The van der Waals surface area contributed by atoms with Crippen LogP contribution in [0.4, 0.5) is 5.69 Å². The first-order valence-corrected chi connectivity index (χ1v) is 7.41. The van der Waals surface area contributed by atoms with Crippen LogP contribution in [-0.4, -0.2) is 10.7 Å². The van der Waals surface area contributed by atoms with Gasteiger partial charge in [-0.3, -0.25) is 14.9 Å². The van der Waals surface area contributed by atoms with E-state index < -0.39 is 15.8 Å². The van der Waals surface area contributed by atoms with E-state index in [9.17, 15) is 20.2 Å². The summed E-state index contributed by atoms with van der Waals surface area (Å²) in [6.07, 6.45) is 1.35. The second-order valence-corrected chi connectivity index (χ2v) is 6.88. The Balaban J connectivity index is 2.42. The van der Waals surface area contributed by atoms with Crippen LogP contribution in [0.3, 0.4) is 0 Å². The van der Waals surface area contributed by atoms with E-state index in [0.717, 1.165) is 0 Å². The van der Waals surface area contributed by atoms with Crippen molar-refractivity contribution < 1.29 is 9.72 Å². The van der Waals surface area contributed by atoms with Gasteiger partial charge in [0.2, 0.25) is 0 Å². The molecule has 1 atom stereocenters. The van der Waals surface area contributed by atoms with E-state index >= 15 is 0 Å². The Morgan fingerprint density at radius 3 is 2.57 bits per heavy atom. The molecule has 0 radical (unpaired) electrons. The fourth-order valence-electron chi connectivity index (χ4n) is 2.88. The number of benzene rings is 1. The first-order valence-electron chi connectivity index (χ1n) is 6.61. The van der Waals surface area contributed by atoms with E-state index in [0.29, 0.717) is 22.9 Å². The second-order valence-electron chi connectivity index (χ2n) is 6.09. The van der Waals surface area contributed by atoms with Crippen molar-refractivity contribution in [1.82, 2.24) is 0 Å². The molecule has 5 nitrogen and oxygen atoms in total. The van der Waals surface area contributed by atoms with E-state index in [1.54, 1.807) is 12.1 Å². The van der Waals surface area contributed by atoms with Crippen molar-refractivity contribution in [3.05, 3.63) is 38.3 Å². The maximum atomic E-state index is 12.5. The minimum atomic E-state index is -1.08. The highest BCUT2D eigenvalue weighted by Crippen LogP contribution is 2.48. The maximum Gasteiger partial charge on any atom is 0.283 e. The highest BCUT2D eigenvalue weighted by Gasteiger charge is 2.52. The molecular weight excluding hydrogens is 336 g/mol. The number of rotatable bonds is 3. The molecule has 6 heteroatoms. The number of ketones is 1. The van der Waals surface area contributed by atoms with Crippen molar-refractivity contribution >= 4 is 27.4 Å². The smallest absolute Gasteiger partial charge is 0.283 e. The van der Waals surface area contributed by atoms with Crippen LogP contribution in [0.1, 0.15) is 32.3 Å². The Kier molecular flexibility index (Phi) is 3.89. The van der Waals surface area contributed by atoms with Gasteiger partial charge in [-0.15, -0.1) is 0 Å². The van der Waals surface area contributed by atoms with Gasteiger partial charge in [0, 0.05) is 11.5 Å². The lowest BCUT2D eigenvalue weighted by atomic mass is 9.77. The first kappa shape index (κ1) is 15.6. The Labute approximate surface area is 131 Å². The lowest BCUT2D eigenvalue weighted by Crippen LogP contribution is -2.33. The van der Waals surface area contributed by atoms with Gasteiger partial charge in [-0.05, 0) is 40.8 Å². The average Bonchev–Trinajstić information content (AvgIpc) is 2.65. The number of nitriles is 1. The fourth-order valence-corrected chi connectivity index (χ4v) is 3.43. The first-order chi connectivity index (χ1) is 9.73. The van der Waals surface area contributed by atoms with Gasteiger partial charge in [0.05, 0.1) is 15.5 Å². The number of hydrogen-bond acceptors (Lipinski definition) is 4. The van der Waals surface area contributed by atoms with Gasteiger partial charge >= 0.3 is 0 Å². The maximum absolute atomic E-state index is 12.5. The van der Waals surface area contributed by atoms with Crippen LogP contribution in [0, 0.1) is 32.3 Å². The normalized spacial score (nSPS) is 23.8. The van der Waals surface area contributed by atoms with Crippen LogP contribution < -0.4 is 0 Å². The third kappa shape index (κ3) is 2.58. The number of nitro groups is 1. The molecule has 0 heterocycles. The minimum absolute atomic E-state index is 0.0507. The molecule has 0 aliphatic heterocycles. The number of halogens is 1. The molecule has 0 bridgehead atoms. The van der Waals surface area contributed by atoms with Crippen LogP contribution in [0.5, 0.6) is 0 Å². The zero-order chi connectivity index (χ0) is 15.8. The Hall–Kier alpha value is -1.74. The summed E-state index contributed by atoms with van der Waals surface area (Å²) in [7, 11) is 0. The van der Waals surface area contributed by atoms with Gasteiger partial charge in [-0.25, -0.2) is 0 Å². The predicted octanol–water partition coefficient (Wildman–Crippen LogP) is 3.80. The summed E-state index contributed by atoms with van der Waals surface area (Å²) in [6.45, 7) is 3.69. The molecule has 110 valence electrons. The predicted molar refractivity (Wildman–Crippen MR) is 80.6 cm³/mol. The Morgan fingerprint density at radius 2 is 2.10 bits per heavy atom. The van der Waals surface area contributed by atoms with E-state index in [2.05, 4.69) is 22.0 Å². The number of nitro benzene ring substituents is 1. The molecule has 1 aliphatic rings. The minimum Gasteiger partial charge on any atom is -0.297 e. The molecule has 2 rings (SSSR count). The lowest BCUT2D eigenvalue weighted by molar-refractivity contribution is -0.385. The van der Waals surface area contributed by atoms with E-state index in [1.807, 2.05) is 13.8 Å². The number of Topliss-reactive ketones (excluding diaryl/α,β-unsaturated/α-hetero) is 1. The summed E-state index contributed by atoms with van der Waals surface area (Å²) >= 11 is 3.23. The molecule has 1 aromatic rings. The van der Waals surface area contributed by atoms with Crippen molar-refractivity contribution in [2.24, 2.45) is 10.8 Å². The van der Waals surface area contributed by atoms with Crippen LogP contribution in [0.15, 0.2) is 22.7 Å². The monoisotopic (exact) mass is 350 g/mol. The molecule has 0 N–H and O–H groups in total. The molecule has 1 unspecified atom stereocenters. The number of carbonyl (C=O) groups is 1. The summed E-state index contributed by atoms with van der Waals surface area (Å²) in [5.41, 5.74) is -1.02. The highest BCUT2D eigenvalue weighted by atomic mass is 79.9. The topological polar surface area (TPSA) is 84.0 Å². The van der Waals surface area contributed by atoms with E-state index in [1.165, 1.54) is 6.07 Å². The van der Waals surface area contributed by atoms with Gasteiger partial charge in [0.15, 0.2) is 5.78 Å². The van der Waals surface area contributed by atoms with Crippen LogP contribution in [0.25, 0.3) is 0 Å². The van der Waals surface area contributed by atoms with Crippen LogP contribution in [0.2, 0.25) is 0 Å². The third-order valence-corrected chi connectivity index (χ3v) is 5.10. The number of carbonyl (C=O) groups excluding carboxylic acids is 1. The number of hydrogen-bond donors (Lipinski definition) is 0.